The molecule has 0 N–H and O–H groups in total. The van der Waals surface area contributed by atoms with Gasteiger partial charge >= 0.3 is 0 Å². The number of hydrogen-bond donors (Lipinski definition) is 0. The van der Waals surface area contributed by atoms with Gasteiger partial charge in [0.2, 0.25) is 0 Å². The van der Waals surface area contributed by atoms with E-state index in [9.17, 15) is 0 Å². The first-order valence-electron chi connectivity index (χ1n) is 11.1. The van der Waals surface area contributed by atoms with Crippen LogP contribution in [0.15, 0.2) is 79.3 Å². The fourth-order valence-electron chi connectivity index (χ4n) is 4.63. The molecule has 5 nitrogen and oxygen atoms in total. The number of para-hydroxylation sites is 1. The Morgan fingerprint density at radius 2 is 1.78 bits per heavy atom. The second kappa shape index (κ2) is 7.68. The highest BCUT2D eigenvalue weighted by atomic mass is 16.5. The van der Waals surface area contributed by atoms with Crippen molar-refractivity contribution < 1.29 is 4.74 Å². The number of aryl methyl sites for hydroxylation is 1. The van der Waals surface area contributed by atoms with Gasteiger partial charge in [0, 0.05) is 35.9 Å². The highest BCUT2D eigenvalue weighted by Gasteiger charge is 2.18. The molecule has 5 aromatic rings. The summed E-state index contributed by atoms with van der Waals surface area (Å²) in [4.78, 5) is 11.5. The summed E-state index contributed by atoms with van der Waals surface area (Å²) in [5.74, 6) is 0.964. The molecule has 158 valence electrons. The summed E-state index contributed by atoms with van der Waals surface area (Å²) < 4.78 is 8.29. The van der Waals surface area contributed by atoms with Gasteiger partial charge in [-0.05, 0) is 54.4 Å². The number of hydrogen-bond acceptors (Lipinski definition) is 4. The second-order valence-electron chi connectivity index (χ2n) is 8.17. The minimum absolute atomic E-state index is 0.656. The molecule has 0 radical (unpaired) electrons. The maximum atomic E-state index is 6.12. The van der Waals surface area contributed by atoms with Gasteiger partial charge in [0.1, 0.15) is 12.4 Å². The third-order valence-electron chi connectivity index (χ3n) is 6.30. The Bertz CT molecular complexity index is 1430. The first kappa shape index (κ1) is 18.9. The average Bonchev–Trinajstić information content (AvgIpc) is 3.14. The Hall–Kier alpha value is -3.86. The van der Waals surface area contributed by atoms with E-state index in [-0.39, 0.29) is 0 Å². The largest absolute Gasteiger partial charge is 0.491 e. The van der Waals surface area contributed by atoms with Crippen molar-refractivity contribution in [2.24, 2.45) is 0 Å². The fraction of sp³-hybridized carbons (Fsp3) is 0.185. The van der Waals surface area contributed by atoms with Crippen molar-refractivity contribution in [2.45, 2.75) is 20.0 Å². The van der Waals surface area contributed by atoms with Crippen molar-refractivity contribution in [1.29, 1.82) is 0 Å². The van der Waals surface area contributed by atoms with Crippen molar-refractivity contribution in [1.82, 2.24) is 14.5 Å². The van der Waals surface area contributed by atoms with Crippen LogP contribution in [0.2, 0.25) is 0 Å². The van der Waals surface area contributed by atoms with Crippen LogP contribution in [0.5, 0.6) is 5.75 Å². The normalized spacial score (nSPS) is 13.7. The molecular weight excluding hydrogens is 396 g/mol. The van der Waals surface area contributed by atoms with Crippen molar-refractivity contribution in [3.8, 4) is 16.9 Å². The second-order valence-corrected chi connectivity index (χ2v) is 8.17. The van der Waals surface area contributed by atoms with Gasteiger partial charge in [-0.15, -0.1) is 0 Å². The lowest BCUT2D eigenvalue weighted by molar-refractivity contribution is 0.332. The van der Waals surface area contributed by atoms with Gasteiger partial charge in [-0.25, -0.2) is 4.98 Å². The van der Waals surface area contributed by atoms with Crippen LogP contribution in [0.4, 0.5) is 5.69 Å². The minimum atomic E-state index is 0.656. The summed E-state index contributed by atoms with van der Waals surface area (Å²) in [6.45, 7) is 5.34. The van der Waals surface area contributed by atoms with Crippen molar-refractivity contribution in [2.75, 3.05) is 18.1 Å². The first-order valence-corrected chi connectivity index (χ1v) is 11.1. The summed E-state index contributed by atoms with van der Waals surface area (Å²) in [7, 11) is 0. The predicted octanol–water partition coefficient (Wildman–Crippen LogP) is 5.67. The standard InChI is InChI=1S/C27H24N4O/c1-2-30-18-29-24-16-20(7-9-26(24)30)19-8-10-27-21(15-19)17-31(13-14-32-27)25-11-12-28-23-6-4-3-5-22(23)25/h3-12,15-16,18H,2,13-14,17H2,1H3. The molecule has 0 fully saturated rings. The topological polar surface area (TPSA) is 43.2 Å². The molecule has 0 spiro atoms. The number of imidazole rings is 1. The van der Waals surface area contributed by atoms with E-state index in [1.165, 1.54) is 33.3 Å². The third kappa shape index (κ3) is 3.17. The Kier molecular flexibility index (Phi) is 4.53. The smallest absolute Gasteiger partial charge is 0.124 e. The lowest BCUT2D eigenvalue weighted by Crippen LogP contribution is -2.25. The number of benzene rings is 3. The number of pyridine rings is 1. The van der Waals surface area contributed by atoms with E-state index in [2.05, 4.69) is 87.0 Å². The Balaban J connectivity index is 1.38. The van der Waals surface area contributed by atoms with Crippen LogP contribution in [0, 0.1) is 0 Å². The van der Waals surface area contributed by atoms with Gasteiger partial charge in [-0.3, -0.25) is 4.98 Å². The molecule has 0 aliphatic carbocycles. The zero-order valence-corrected chi connectivity index (χ0v) is 18.0. The molecule has 3 heterocycles. The number of nitrogens with zero attached hydrogens (tertiary/aromatic N) is 4. The molecule has 3 aromatic carbocycles. The molecule has 1 aliphatic rings. The molecule has 0 atom stereocenters. The van der Waals surface area contributed by atoms with E-state index in [4.69, 9.17) is 4.74 Å². The van der Waals surface area contributed by atoms with E-state index in [0.29, 0.717) is 6.61 Å². The summed E-state index contributed by atoms with van der Waals surface area (Å²) in [6.07, 6.45) is 3.81. The quantitative estimate of drug-likeness (QED) is 0.377. The third-order valence-corrected chi connectivity index (χ3v) is 6.30. The Labute approximate surface area is 186 Å². The van der Waals surface area contributed by atoms with Crippen LogP contribution in [0.3, 0.4) is 0 Å². The van der Waals surface area contributed by atoms with Crippen LogP contribution < -0.4 is 9.64 Å². The van der Waals surface area contributed by atoms with Crippen molar-refractivity contribution in [3.63, 3.8) is 0 Å². The highest BCUT2D eigenvalue weighted by molar-refractivity contribution is 5.91. The maximum absolute atomic E-state index is 6.12. The summed E-state index contributed by atoms with van der Waals surface area (Å²) in [5, 5.41) is 1.17. The molecule has 32 heavy (non-hydrogen) atoms. The zero-order valence-electron chi connectivity index (χ0n) is 18.0. The lowest BCUT2D eigenvalue weighted by Gasteiger charge is -2.23. The Morgan fingerprint density at radius 1 is 0.906 bits per heavy atom. The maximum Gasteiger partial charge on any atom is 0.124 e. The van der Waals surface area contributed by atoms with Gasteiger partial charge in [-0.1, -0.05) is 30.3 Å². The number of ether oxygens (including phenoxy) is 1. The average molecular weight is 421 g/mol. The molecule has 2 aromatic heterocycles. The van der Waals surface area contributed by atoms with Crippen LogP contribution >= 0.6 is 0 Å². The van der Waals surface area contributed by atoms with Gasteiger partial charge in [-0.2, -0.15) is 0 Å². The molecule has 0 saturated carbocycles. The zero-order chi connectivity index (χ0) is 21.5. The van der Waals surface area contributed by atoms with Crippen LogP contribution in [-0.4, -0.2) is 27.7 Å². The van der Waals surface area contributed by atoms with E-state index >= 15 is 0 Å². The van der Waals surface area contributed by atoms with Gasteiger partial charge in [0.15, 0.2) is 0 Å². The van der Waals surface area contributed by atoms with E-state index in [0.717, 1.165) is 36.4 Å². The summed E-state index contributed by atoms with van der Waals surface area (Å²) in [6, 6.07) is 23.5. The monoisotopic (exact) mass is 420 g/mol. The van der Waals surface area contributed by atoms with Crippen LogP contribution in [0.1, 0.15) is 12.5 Å². The summed E-state index contributed by atoms with van der Waals surface area (Å²) >= 11 is 0. The lowest BCUT2D eigenvalue weighted by atomic mass is 10.0. The Morgan fingerprint density at radius 3 is 2.72 bits per heavy atom. The fourth-order valence-corrected chi connectivity index (χ4v) is 4.63. The molecule has 0 saturated heterocycles. The van der Waals surface area contributed by atoms with Gasteiger partial charge < -0.3 is 14.2 Å². The summed E-state index contributed by atoms with van der Waals surface area (Å²) in [5.41, 5.74) is 7.96. The van der Waals surface area contributed by atoms with Crippen molar-refractivity contribution in [3.05, 3.63) is 84.8 Å². The van der Waals surface area contributed by atoms with Gasteiger partial charge in [0.25, 0.3) is 0 Å². The molecule has 1 aliphatic heterocycles. The van der Waals surface area contributed by atoms with Crippen LogP contribution in [-0.2, 0) is 13.1 Å². The highest BCUT2D eigenvalue weighted by Crippen LogP contribution is 2.33. The molecule has 0 amide bonds. The molecule has 5 heteroatoms. The minimum Gasteiger partial charge on any atom is -0.491 e. The molecule has 0 bridgehead atoms. The molecule has 6 rings (SSSR count). The predicted molar refractivity (Wildman–Crippen MR) is 129 cm³/mol. The first-order chi connectivity index (χ1) is 15.8. The van der Waals surface area contributed by atoms with E-state index < -0.39 is 0 Å². The van der Waals surface area contributed by atoms with Crippen molar-refractivity contribution >= 4 is 27.6 Å². The number of aromatic nitrogens is 3. The van der Waals surface area contributed by atoms with E-state index in [1.807, 2.05) is 18.6 Å². The van der Waals surface area contributed by atoms with Gasteiger partial charge in [0.05, 0.1) is 29.4 Å². The number of rotatable bonds is 3. The number of fused-ring (bicyclic) bond motifs is 3. The SMILES string of the molecule is CCn1cnc2cc(-c3ccc4c(c3)CN(c3ccnc5ccccc35)CCO4)ccc21. The van der Waals surface area contributed by atoms with Crippen LogP contribution in [0.25, 0.3) is 33.1 Å². The number of anilines is 1. The van der Waals surface area contributed by atoms with E-state index in [1.54, 1.807) is 0 Å². The molecular formula is C27H24N4O. The molecule has 0 unspecified atom stereocenters.